The number of nitro benzene ring substituents is 1. The molecule has 0 N–H and O–H groups in total. The molecule has 0 heterocycles. The lowest BCUT2D eigenvalue weighted by Crippen LogP contribution is -2.07. The van der Waals surface area contributed by atoms with Gasteiger partial charge in [-0.15, -0.1) is 0 Å². The fourth-order valence-electron chi connectivity index (χ4n) is 1.79. The third kappa shape index (κ3) is 2.70. The molecule has 2 aromatic rings. The molecule has 0 unspecified atom stereocenters. The number of anilines is 1. The SMILES string of the molecule is CN(C)c1ccc(-c2ccc([N+](=O)[O-])c(F)c2)cc1. The molecule has 0 aliphatic carbocycles. The van der Waals surface area contributed by atoms with E-state index in [9.17, 15) is 14.5 Å². The number of halogens is 1. The highest BCUT2D eigenvalue weighted by Gasteiger charge is 2.14. The van der Waals surface area contributed by atoms with E-state index in [-0.39, 0.29) is 0 Å². The Morgan fingerprint density at radius 1 is 1.05 bits per heavy atom. The fraction of sp³-hybridized carbons (Fsp3) is 0.143. The van der Waals surface area contributed by atoms with Gasteiger partial charge in [0.05, 0.1) is 4.92 Å². The van der Waals surface area contributed by atoms with Crippen LogP contribution in [0.2, 0.25) is 0 Å². The van der Waals surface area contributed by atoms with Gasteiger partial charge in [-0.3, -0.25) is 10.1 Å². The Bertz CT molecular complexity index is 609. The predicted molar refractivity (Wildman–Crippen MR) is 72.8 cm³/mol. The summed E-state index contributed by atoms with van der Waals surface area (Å²) in [6.45, 7) is 0. The van der Waals surface area contributed by atoms with Crippen molar-refractivity contribution in [3.05, 3.63) is 58.4 Å². The smallest absolute Gasteiger partial charge is 0.304 e. The Labute approximate surface area is 110 Å². The first-order valence-electron chi connectivity index (χ1n) is 5.71. The van der Waals surface area contributed by atoms with Gasteiger partial charge in [0.25, 0.3) is 0 Å². The zero-order valence-corrected chi connectivity index (χ0v) is 10.6. The highest BCUT2D eigenvalue weighted by atomic mass is 19.1. The van der Waals surface area contributed by atoms with Crippen LogP contribution in [0, 0.1) is 15.9 Å². The first-order valence-corrected chi connectivity index (χ1v) is 5.71. The number of nitro groups is 1. The molecular weight excluding hydrogens is 247 g/mol. The molecule has 0 atom stereocenters. The summed E-state index contributed by atoms with van der Waals surface area (Å²) in [5.41, 5.74) is 1.97. The summed E-state index contributed by atoms with van der Waals surface area (Å²) in [7, 11) is 3.86. The van der Waals surface area contributed by atoms with Gasteiger partial charge in [0, 0.05) is 25.8 Å². The summed E-state index contributed by atoms with van der Waals surface area (Å²) in [5.74, 6) is -0.820. The van der Waals surface area contributed by atoms with Crippen molar-refractivity contribution in [2.45, 2.75) is 0 Å². The monoisotopic (exact) mass is 260 g/mol. The highest BCUT2D eigenvalue weighted by Crippen LogP contribution is 2.26. The molecule has 0 saturated heterocycles. The molecule has 2 aromatic carbocycles. The molecule has 0 saturated carbocycles. The third-order valence-electron chi connectivity index (χ3n) is 2.86. The molecule has 0 fully saturated rings. The van der Waals surface area contributed by atoms with Crippen molar-refractivity contribution in [2.24, 2.45) is 0 Å². The Morgan fingerprint density at radius 3 is 2.11 bits per heavy atom. The zero-order chi connectivity index (χ0) is 14.0. The van der Waals surface area contributed by atoms with Crippen molar-refractivity contribution in [3.8, 4) is 11.1 Å². The van der Waals surface area contributed by atoms with Crippen molar-refractivity contribution in [3.63, 3.8) is 0 Å². The van der Waals surface area contributed by atoms with Crippen LogP contribution in [0.25, 0.3) is 11.1 Å². The summed E-state index contributed by atoms with van der Waals surface area (Å²) in [6.07, 6.45) is 0. The van der Waals surface area contributed by atoms with Crippen LogP contribution in [-0.4, -0.2) is 19.0 Å². The molecule has 0 radical (unpaired) electrons. The van der Waals surface area contributed by atoms with E-state index in [1.807, 2.05) is 43.3 Å². The maximum Gasteiger partial charge on any atom is 0.304 e. The lowest BCUT2D eigenvalue weighted by Gasteiger charge is -2.12. The van der Waals surface area contributed by atoms with Gasteiger partial charge in [0.15, 0.2) is 0 Å². The number of benzene rings is 2. The van der Waals surface area contributed by atoms with Crippen molar-refractivity contribution in [1.82, 2.24) is 0 Å². The number of nitrogens with zero attached hydrogens (tertiary/aromatic N) is 2. The lowest BCUT2D eigenvalue weighted by atomic mass is 10.0. The van der Waals surface area contributed by atoms with Crippen LogP contribution in [0.15, 0.2) is 42.5 Å². The normalized spacial score (nSPS) is 10.3. The summed E-state index contributed by atoms with van der Waals surface area (Å²) >= 11 is 0. The van der Waals surface area contributed by atoms with E-state index in [2.05, 4.69) is 0 Å². The van der Waals surface area contributed by atoms with Gasteiger partial charge in [-0.2, -0.15) is 4.39 Å². The summed E-state index contributed by atoms with van der Waals surface area (Å²) in [4.78, 5) is 11.8. The molecule has 0 aromatic heterocycles. The van der Waals surface area contributed by atoms with Gasteiger partial charge in [-0.05, 0) is 35.4 Å². The first kappa shape index (κ1) is 13.0. The molecule has 0 aliphatic rings. The number of hydrogen-bond acceptors (Lipinski definition) is 3. The van der Waals surface area contributed by atoms with Gasteiger partial charge >= 0.3 is 5.69 Å². The second-order valence-corrected chi connectivity index (χ2v) is 4.36. The van der Waals surface area contributed by atoms with Crippen LogP contribution in [-0.2, 0) is 0 Å². The molecule has 0 aliphatic heterocycles. The molecule has 0 amide bonds. The second kappa shape index (κ2) is 5.06. The van der Waals surface area contributed by atoms with Crippen LogP contribution in [0.4, 0.5) is 15.8 Å². The van der Waals surface area contributed by atoms with Crippen LogP contribution in [0.3, 0.4) is 0 Å². The molecule has 4 nitrogen and oxygen atoms in total. The van der Waals surface area contributed by atoms with E-state index in [1.54, 1.807) is 6.07 Å². The van der Waals surface area contributed by atoms with Gasteiger partial charge < -0.3 is 4.90 Å². The minimum absolute atomic E-state index is 0.506. The van der Waals surface area contributed by atoms with Crippen LogP contribution < -0.4 is 4.90 Å². The molecule has 2 rings (SSSR count). The van der Waals surface area contributed by atoms with E-state index in [1.165, 1.54) is 12.1 Å². The minimum atomic E-state index is -0.820. The maximum atomic E-state index is 13.5. The summed E-state index contributed by atoms with van der Waals surface area (Å²) in [6, 6.07) is 11.5. The lowest BCUT2D eigenvalue weighted by molar-refractivity contribution is -0.387. The van der Waals surface area contributed by atoms with Crippen LogP contribution in [0.5, 0.6) is 0 Å². The Morgan fingerprint density at radius 2 is 1.63 bits per heavy atom. The topological polar surface area (TPSA) is 46.4 Å². The third-order valence-corrected chi connectivity index (χ3v) is 2.86. The first-order chi connectivity index (χ1) is 8.99. The molecule has 98 valence electrons. The maximum absolute atomic E-state index is 13.5. The van der Waals surface area contributed by atoms with Crippen molar-refractivity contribution < 1.29 is 9.31 Å². The largest absolute Gasteiger partial charge is 0.378 e. The molecule has 0 spiro atoms. The molecule has 0 bridgehead atoms. The predicted octanol–water partition coefficient (Wildman–Crippen LogP) is 3.47. The highest BCUT2D eigenvalue weighted by molar-refractivity contribution is 5.67. The number of hydrogen-bond donors (Lipinski definition) is 0. The average Bonchev–Trinajstić information content (AvgIpc) is 2.38. The number of rotatable bonds is 3. The van der Waals surface area contributed by atoms with Gasteiger partial charge in [0.2, 0.25) is 5.82 Å². The van der Waals surface area contributed by atoms with Crippen molar-refractivity contribution >= 4 is 11.4 Å². The van der Waals surface area contributed by atoms with E-state index in [4.69, 9.17) is 0 Å². The van der Waals surface area contributed by atoms with Gasteiger partial charge in [-0.25, -0.2) is 0 Å². The van der Waals surface area contributed by atoms with Crippen LogP contribution >= 0.6 is 0 Å². The molecular formula is C14H13FN2O2. The molecule has 5 heteroatoms. The fourth-order valence-corrected chi connectivity index (χ4v) is 1.79. The van der Waals surface area contributed by atoms with E-state index in [0.29, 0.717) is 5.56 Å². The quantitative estimate of drug-likeness (QED) is 0.627. The zero-order valence-electron chi connectivity index (χ0n) is 10.6. The standard InChI is InChI=1S/C14H13FN2O2/c1-16(2)12-6-3-10(4-7-12)11-5-8-14(17(18)19)13(15)9-11/h3-9H,1-2H3. The minimum Gasteiger partial charge on any atom is -0.378 e. The average molecular weight is 260 g/mol. The van der Waals surface area contributed by atoms with Crippen molar-refractivity contribution in [2.75, 3.05) is 19.0 Å². The van der Waals surface area contributed by atoms with Gasteiger partial charge in [0.1, 0.15) is 0 Å². The Balaban J connectivity index is 2.37. The van der Waals surface area contributed by atoms with E-state index < -0.39 is 16.4 Å². The second-order valence-electron chi connectivity index (χ2n) is 4.36. The molecule has 19 heavy (non-hydrogen) atoms. The van der Waals surface area contributed by atoms with E-state index >= 15 is 0 Å². The summed E-state index contributed by atoms with van der Waals surface area (Å²) < 4.78 is 13.5. The summed E-state index contributed by atoms with van der Waals surface area (Å²) in [5, 5.41) is 10.5. The Kier molecular flexibility index (Phi) is 3.46. The van der Waals surface area contributed by atoms with E-state index in [0.717, 1.165) is 11.3 Å². The Hall–Kier alpha value is -2.43. The van der Waals surface area contributed by atoms with Crippen LogP contribution in [0.1, 0.15) is 0 Å². The van der Waals surface area contributed by atoms with Gasteiger partial charge in [-0.1, -0.05) is 12.1 Å². The van der Waals surface area contributed by atoms with Crippen molar-refractivity contribution in [1.29, 1.82) is 0 Å².